The van der Waals surface area contributed by atoms with Crippen molar-refractivity contribution in [3.05, 3.63) is 29.8 Å². The van der Waals surface area contributed by atoms with E-state index < -0.39 is 11.6 Å². The number of hydrogen-bond donors (Lipinski definition) is 2. The van der Waals surface area contributed by atoms with Crippen LogP contribution in [0.15, 0.2) is 23.2 Å². The van der Waals surface area contributed by atoms with Crippen molar-refractivity contribution in [2.24, 2.45) is 4.99 Å². The molecule has 1 aromatic carbocycles. The molecule has 0 spiro atoms. The second kappa shape index (κ2) is 10.3. The molecule has 0 bridgehead atoms. The summed E-state index contributed by atoms with van der Waals surface area (Å²) in [6.07, 6.45) is 2.03. The minimum Gasteiger partial charge on any atom is -0.492 e. The number of guanidine groups is 1. The summed E-state index contributed by atoms with van der Waals surface area (Å²) in [6.45, 7) is 4.35. The summed E-state index contributed by atoms with van der Waals surface area (Å²) in [4.78, 5) is 4.38. The van der Waals surface area contributed by atoms with E-state index in [2.05, 4.69) is 15.6 Å². The van der Waals surface area contributed by atoms with E-state index in [1.165, 1.54) is 6.07 Å². The molecule has 0 aliphatic carbocycles. The van der Waals surface area contributed by atoms with Crippen LogP contribution in [0, 0.1) is 11.6 Å². The number of ether oxygens (including phenoxy) is 1. The second-order valence-electron chi connectivity index (χ2n) is 4.10. The van der Waals surface area contributed by atoms with Crippen LogP contribution < -0.4 is 15.4 Å². The molecule has 0 unspecified atom stereocenters. The van der Waals surface area contributed by atoms with Crippen molar-refractivity contribution in [2.75, 3.05) is 38.2 Å². The zero-order valence-corrected chi connectivity index (χ0v) is 13.1. The molecular formula is C14H21F2N3OS. The molecule has 0 atom stereocenters. The molecule has 0 aliphatic heterocycles. The summed E-state index contributed by atoms with van der Waals surface area (Å²) in [6, 6.07) is 3.48. The van der Waals surface area contributed by atoms with Gasteiger partial charge < -0.3 is 15.4 Å². The van der Waals surface area contributed by atoms with E-state index in [1.807, 2.05) is 13.2 Å². The van der Waals surface area contributed by atoms with Gasteiger partial charge in [-0.3, -0.25) is 4.99 Å². The van der Waals surface area contributed by atoms with E-state index in [0.717, 1.165) is 36.9 Å². The highest BCUT2D eigenvalue weighted by Gasteiger charge is 2.03. The summed E-state index contributed by atoms with van der Waals surface area (Å²) >= 11 is 1.74. The molecule has 21 heavy (non-hydrogen) atoms. The van der Waals surface area contributed by atoms with Gasteiger partial charge in [0.05, 0.1) is 13.1 Å². The molecule has 0 saturated carbocycles. The molecule has 118 valence electrons. The first-order valence-corrected chi connectivity index (χ1v) is 8.15. The number of halogens is 2. The third-order valence-electron chi connectivity index (χ3n) is 2.46. The number of rotatable bonds is 8. The van der Waals surface area contributed by atoms with Crippen LogP contribution in [0.5, 0.6) is 5.75 Å². The van der Waals surface area contributed by atoms with Gasteiger partial charge in [0.2, 0.25) is 0 Å². The number of aliphatic imine (C=N–C) groups is 1. The monoisotopic (exact) mass is 317 g/mol. The fourth-order valence-electron chi connectivity index (χ4n) is 1.50. The maximum atomic E-state index is 13.0. The number of benzene rings is 1. The van der Waals surface area contributed by atoms with Crippen LogP contribution in [0.3, 0.4) is 0 Å². The van der Waals surface area contributed by atoms with Crippen LogP contribution in [-0.4, -0.2) is 44.2 Å². The predicted molar refractivity (Wildman–Crippen MR) is 84.2 cm³/mol. The van der Waals surface area contributed by atoms with Crippen molar-refractivity contribution in [1.82, 2.24) is 10.6 Å². The Hall–Kier alpha value is -1.50. The minimum atomic E-state index is -0.910. The summed E-state index contributed by atoms with van der Waals surface area (Å²) in [5.41, 5.74) is 0. The van der Waals surface area contributed by atoms with Gasteiger partial charge in [-0.25, -0.2) is 8.78 Å². The first-order chi connectivity index (χ1) is 10.2. The molecule has 0 saturated heterocycles. The molecule has 0 radical (unpaired) electrons. The summed E-state index contributed by atoms with van der Waals surface area (Å²) in [5.74, 6) is 0.200. The largest absolute Gasteiger partial charge is 0.492 e. The van der Waals surface area contributed by atoms with Gasteiger partial charge in [-0.1, -0.05) is 0 Å². The fourth-order valence-corrected chi connectivity index (χ4v) is 1.77. The maximum absolute atomic E-state index is 13.0. The first-order valence-electron chi connectivity index (χ1n) is 6.76. The van der Waals surface area contributed by atoms with Gasteiger partial charge in [-0.05, 0) is 25.3 Å². The molecule has 7 heteroatoms. The van der Waals surface area contributed by atoms with Gasteiger partial charge in [0.25, 0.3) is 0 Å². The molecule has 0 amide bonds. The lowest BCUT2D eigenvalue weighted by molar-refractivity contribution is 0.318. The quantitative estimate of drug-likeness (QED) is 0.439. The molecule has 4 nitrogen and oxygen atoms in total. The van der Waals surface area contributed by atoms with Gasteiger partial charge in [-0.15, -0.1) is 0 Å². The highest BCUT2D eigenvalue weighted by atomic mass is 32.2. The topological polar surface area (TPSA) is 45.7 Å². The average Bonchev–Trinajstić information content (AvgIpc) is 2.47. The molecule has 0 aliphatic rings. The molecular weight excluding hydrogens is 296 g/mol. The zero-order chi connectivity index (χ0) is 15.5. The Kier molecular flexibility index (Phi) is 8.57. The van der Waals surface area contributed by atoms with Gasteiger partial charge in [0, 0.05) is 18.4 Å². The predicted octanol–water partition coefficient (Wildman–Crippen LogP) is 2.26. The normalized spacial score (nSPS) is 11.3. The molecule has 1 aromatic rings. The van der Waals surface area contributed by atoms with Crippen LogP contribution in [-0.2, 0) is 0 Å². The molecule has 2 N–H and O–H groups in total. The van der Waals surface area contributed by atoms with E-state index in [9.17, 15) is 8.78 Å². The lowest BCUT2D eigenvalue weighted by atomic mass is 10.3. The number of hydrogen-bond acceptors (Lipinski definition) is 3. The van der Waals surface area contributed by atoms with E-state index in [4.69, 9.17) is 4.74 Å². The highest BCUT2D eigenvalue weighted by molar-refractivity contribution is 7.98. The SMILES string of the molecule is CCNC(=NCCSC)NCCOc1ccc(F)c(F)c1. The van der Waals surface area contributed by atoms with Crippen LogP contribution in [0.25, 0.3) is 0 Å². The van der Waals surface area contributed by atoms with E-state index in [-0.39, 0.29) is 0 Å². The van der Waals surface area contributed by atoms with Gasteiger partial charge in [-0.2, -0.15) is 11.8 Å². The van der Waals surface area contributed by atoms with Crippen LogP contribution in [0.2, 0.25) is 0 Å². The Bertz CT molecular complexity index is 458. The third-order valence-corrected chi connectivity index (χ3v) is 3.05. The molecule has 1 rings (SSSR count). The zero-order valence-electron chi connectivity index (χ0n) is 12.3. The number of nitrogens with zero attached hydrogens (tertiary/aromatic N) is 1. The Morgan fingerprint density at radius 2 is 2.10 bits per heavy atom. The van der Waals surface area contributed by atoms with Crippen molar-refractivity contribution in [1.29, 1.82) is 0 Å². The average molecular weight is 317 g/mol. The van der Waals surface area contributed by atoms with Crippen molar-refractivity contribution in [2.45, 2.75) is 6.92 Å². The van der Waals surface area contributed by atoms with E-state index in [1.54, 1.807) is 11.8 Å². The Morgan fingerprint density at radius 1 is 1.29 bits per heavy atom. The Balaban J connectivity index is 2.33. The van der Waals surface area contributed by atoms with Gasteiger partial charge in [0.1, 0.15) is 12.4 Å². The molecule has 0 aromatic heterocycles. The molecule has 0 fully saturated rings. The number of thioether (sulfide) groups is 1. The van der Waals surface area contributed by atoms with Crippen LogP contribution in [0.1, 0.15) is 6.92 Å². The standard InChI is InChI=1S/C14H21F2N3OS/c1-3-17-14(19-7-9-21-2)18-6-8-20-11-4-5-12(15)13(16)10-11/h4-5,10H,3,6-9H2,1-2H3,(H2,17,18,19). The van der Waals surface area contributed by atoms with Crippen LogP contribution in [0.4, 0.5) is 8.78 Å². The first kappa shape index (κ1) is 17.6. The number of nitrogens with one attached hydrogen (secondary N) is 2. The maximum Gasteiger partial charge on any atom is 0.191 e. The Morgan fingerprint density at radius 3 is 2.76 bits per heavy atom. The summed E-state index contributed by atoms with van der Waals surface area (Å²) < 4.78 is 31.1. The van der Waals surface area contributed by atoms with Gasteiger partial charge in [0.15, 0.2) is 17.6 Å². The smallest absolute Gasteiger partial charge is 0.191 e. The third kappa shape index (κ3) is 7.17. The van der Waals surface area contributed by atoms with E-state index in [0.29, 0.717) is 18.9 Å². The highest BCUT2D eigenvalue weighted by Crippen LogP contribution is 2.14. The lowest BCUT2D eigenvalue weighted by Gasteiger charge is -2.12. The minimum absolute atomic E-state index is 0.306. The fraction of sp³-hybridized carbons (Fsp3) is 0.500. The van der Waals surface area contributed by atoms with Crippen molar-refractivity contribution >= 4 is 17.7 Å². The molecule has 0 heterocycles. The van der Waals surface area contributed by atoms with Crippen molar-refractivity contribution in [3.8, 4) is 5.75 Å². The lowest BCUT2D eigenvalue weighted by Crippen LogP contribution is -2.39. The van der Waals surface area contributed by atoms with Crippen molar-refractivity contribution < 1.29 is 13.5 Å². The second-order valence-corrected chi connectivity index (χ2v) is 5.09. The summed E-state index contributed by atoms with van der Waals surface area (Å²) in [7, 11) is 0. The van der Waals surface area contributed by atoms with Crippen molar-refractivity contribution in [3.63, 3.8) is 0 Å². The van der Waals surface area contributed by atoms with E-state index >= 15 is 0 Å². The van der Waals surface area contributed by atoms with Gasteiger partial charge >= 0.3 is 0 Å². The van der Waals surface area contributed by atoms with Crippen LogP contribution >= 0.6 is 11.8 Å². The summed E-state index contributed by atoms with van der Waals surface area (Å²) in [5, 5.41) is 6.23. The Labute approximate surface area is 128 Å².